The van der Waals surface area contributed by atoms with Crippen LogP contribution in [0.25, 0.3) is 10.9 Å². The Kier molecular flexibility index (Phi) is 38.6. The Morgan fingerprint density at radius 2 is 0.935 bits per heavy atom. The van der Waals surface area contributed by atoms with Crippen LogP contribution in [0.15, 0.2) is 97.6 Å². The maximum absolute atomic E-state index is 14.9. The van der Waals surface area contributed by atoms with Crippen LogP contribution in [0.4, 0.5) is 0 Å². The number of carboxylic acids is 1. The first kappa shape index (κ1) is 87.9. The fraction of sp³-hybridized carbons (Fsp3) is 0.558. The Balaban J connectivity index is 1.32. The number of hydrogen-bond donors (Lipinski definition) is 18. The van der Waals surface area contributed by atoms with Gasteiger partial charge in [0.1, 0.15) is 66.2 Å². The molecule has 12 atom stereocenters. The summed E-state index contributed by atoms with van der Waals surface area (Å²) in [4.78, 5) is 164. The summed E-state index contributed by atoms with van der Waals surface area (Å²) < 4.78 is 0. The molecular weight excluding hydrogens is 1380 g/mol. The van der Waals surface area contributed by atoms with Gasteiger partial charge >= 0.3 is 5.97 Å². The first-order chi connectivity index (χ1) is 51.2. The maximum atomic E-state index is 14.9. The van der Waals surface area contributed by atoms with E-state index in [9.17, 15) is 78.3 Å². The van der Waals surface area contributed by atoms with Crippen LogP contribution in [0.3, 0.4) is 0 Å². The summed E-state index contributed by atoms with van der Waals surface area (Å²) >= 11 is 0. The van der Waals surface area contributed by atoms with E-state index in [-0.39, 0.29) is 69.1 Å². The molecule has 0 aliphatic rings. The Morgan fingerprint density at radius 1 is 0.467 bits per heavy atom. The van der Waals surface area contributed by atoms with Gasteiger partial charge in [0.25, 0.3) is 0 Å². The summed E-state index contributed by atoms with van der Waals surface area (Å²) in [5.41, 5.74) is 8.06. The number of amides is 10. The minimum absolute atomic E-state index is 0.0302. The molecule has 0 fully saturated rings. The molecule has 30 heteroatoms. The summed E-state index contributed by atoms with van der Waals surface area (Å²) in [5, 5.41) is 78.9. The number of rotatable bonds is 51. The SMILES string of the molecule is CCCCCCCCCCCCCCCC(=O)N[C@@H](CC(C)C)C(=O)N[C@H](C(=O)N[C@@H](Cc1ccc(O)cc1)C(=O)N[C@@H](C)C(=O)N[C@@H](Cc1c[nH]c2ccccc12)C(=O)N[C@@H](Cc1cnc[nH]1)C(=O)N[C@H](C(=O)N[C@@H](CO)C(=O)N[C@@H](Cc1ccccc1)C(=O)N[C@@H](CCCCN)C(=O)O)[C@@H](C)O)[C@@H](C)O. The monoisotopic (exact) mass is 1490 g/mol. The highest BCUT2D eigenvalue weighted by atomic mass is 16.4. The maximum Gasteiger partial charge on any atom is 0.326 e. The van der Waals surface area contributed by atoms with Crippen molar-refractivity contribution in [3.05, 3.63) is 120 Å². The van der Waals surface area contributed by atoms with Crippen molar-refractivity contribution in [2.75, 3.05) is 13.2 Å². The van der Waals surface area contributed by atoms with Crippen LogP contribution in [0.5, 0.6) is 5.75 Å². The molecule has 0 bridgehead atoms. The third kappa shape index (κ3) is 31.3. The van der Waals surface area contributed by atoms with Crippen LogP contribution in [0.1, 0.15) is 180 Å². The molecule has 0 unspecified atom stereocenters. The van der Waals surface area contributed by atoms with Gasteiger partial charge in [0.05, 0.1) is 25.1 Å². The minimum atomic E-state index is -1.89. The minimum Gasteiger partial charge on any atom is -0.508 e. The molecule has 0 aliphatic carbocycles. The number of H-pyrrole nitrogens is 2. The van der Waals surface area contributed by atoms with Crippen molar-refractivity contribution in [1.82, 2.24) is 68.1 Å². The number of benzene rings is 3. The second-order valence-electron chi connectivity index (χ2n) is 28.0. The van der Waals surface area contributed by atoms with Crippen LogP contribution in [-0.4, -0.2) is 191 Å². The van der Waals surface area contributed by atoms with Crippen LogP contribution >= 0.6 is 0 Å². The lowest BCUT2D eigenvalue weighted by molar-refractivity contribution is -0.142. The van der Waals surface area contributed by atoms with Crippen molar-refractivity contribution in [2.45, 2.75) is 255 Å². The number of imidazole rings is 1. The van der Waals surface area contributed by atoms with Crippen molar-refractivity contribution in [3.63, 3.8) is 0 Å². The molecule has 5 aromatic rings. The van der Waals surface area contributed by atoms with E-state index in [2.05, 4.69) is 75.0 Å². The molecule has 30 nitrogen and oxygen atoms in total. The standard InChI is InChI=1S/C77H114N14O16/c1-7-8-9-10-11-12-13-14-15-16-17-18-22-32-65(96)83-59(38-47(2)3)72(101)90-66(49(5)93)75(104)88-60(40-52-33-35-55(95)36-34-52)69(98)82-48(4)68(97)85-62(41-53-43-80-57-30-24-23-29-56(53)57)71(100)87-63(42-54-44-79-46-81-54)73(102)91-67(50(6)94)76(105)89-64(45-92)74(103)86-61(39-51-27-20-19-21-28-51)70(99)84-58(77(106)107)31-25-26-37-78/h19-21,23-24,27-30,33-36,43-44,46-50,58-64,66-67,80,92-95H,7-18,22,25-26,31-32,37-42,45,78H2,1-6H3,(H,79,81)(H,82,98)(H,83,96)(H,84,99)(H,85,97)(H,86,103)(H,87,100)(H,88,104)(H,89,105)(H,90,101)(H,91,102)(H,106,107)/t48-,49+,50+,58-,59-,60-,61-,62-,63-,64-,66-,67-/m0/s1. The molecule has 0 aliphatic heterocycles. The highest BCUT2D eigenvalue weighted by molar-refractivity contribution is 5.99. The average molecular weight is 1490 g/mol. The number of para-hydroxylation sites is 1. The van der Waals surface area contributed by atoms with Crippen molar-refractivity contribution in [1.29, 1.82) is 0 Å². The van der Waals surface area contributed by atoms with E-state index in [0.717, 1.165) is 32.6 Å². The molecule has 0 saturated heterocycles. The summed E-state index contributed by atoms with van der Waals surface area (Å²) in [5.74, 6) is -10.7. The second kappa shape index (κ2) is 47.0. The van der Waals surface area contributed by atoms with Crippen molar-refractivity contribution >= 4 is 75.9 Å². The molecule has 19 N–H and O–H groups in total. The van der Waals surface area contributed by atoms with Gasteiger partial charge in [0.15, 0.2) is 0 Å². The zero-order valence-electron chi connectivity index (χ0n) is 62.5. The Morgan fingerprint density at radius 3 is 1.47 bits per heavy atom. The van der Waals surface area contributed by atoms with Gasteiger partial charge in [-0.15, -0.1) is 0 Å². The first-order valence-electron chi connectivity index (χ1n) is 37.5. The van der Waals surface area contributed by atoms with Crippen LogP contribution < -0.4 is 58.9 Å². The number of aliphatic hydroxyl groups excluding tert-OH is 3. The molecular formula is C77H114N14O16. The van der Waals surface area contributed by atoms with E-state index in [4.69, 9.17) is 5.73 Å². The Labute approximate surface area is 625 Å². The van der Waals surface area contributed by atoms with E-state index in [1.165, 1.54) is 102 Å². The number of phenols is 1. The van der Waals surface area contributed by atoms with Crippen LogP contribution in [0, 0.1) is 5.92 Å². The van der Waals surface area contributed by atoms with Gasteiger partial charge in [0, 0.05) is 61.1 Å². The van der Waals surface area contributed by atoms with E-state index in [1.807, 2.05) is 13.8 Å². The van der Waals surface area contributed by atoms with Crippen molar-refractivity contribution in [3.8, 4) is 5.75 Å². The predicted octanol–water partition coefficient (Wildman–Crippen LogP) is 3.23. The number of carbonyl (C=O) groups is 11. The number of carboxylic acid groups (broad SMARTS) is 1. The molecule has 10 amide bonds. The number of aromatic amines is 2. The topological polar surface area (TPSA) is 480 Å². The van der Waals surface area contributed by atoms with Gasteiger partial charge in [-0.05, 0) is 100 Å². The lowest BCUT2D eigenvalue weighted by atomic mass is 10.0. The third-order valence-electron chi connectivity index (χ3n) is 18.4. The van der Waals surface area contributed by atoms with E-state index in [0.29, 0.717) is 52.5 Å². The number of nitrogens with one attached hydrogen (secondary N) is 12. The van der Waals surface area contributed by atoms with Gasteiger partial charge in [0.2, 0.25) is 59.1 Å². The number of aromatic nitrogens is 3. The molecule has 3 aromatic carbocycles. The number of fused-ring (bicyclic) bond motifs is 1. The smallest absolute Gasteiger partial charge is 0.326 e. The number of aliphatic hydroxyl groups is 3. The van der Waals surface area contributed by atoms with Gasteiger partial charge in [-0.25, -0.2) is 9.78 Å². The van der Waals surface area contributed by atoms with Crippen molar-refractivity contribution in [2.24, 2.45) is 11.7 Å². The van der Waals surface area contributed by atoms with E-state index < -0.39 is 138 Å². The number of phenolic OH excluding ortho intramolecular Hbond substituents is 1. The van der Waals surface area contributed by atoms with Crippen molar-refractivity contribution < 1.29 is 78.3 Å². The third-order valence-corrected chi connectivity index (χ3v) is 18.4. The number of nitrogens with two attached hydrogens (primary N) is 1. The summed E-state index contributed by atoms with van der Waals surface area (Å²) in [6.45, 7) is 8.88. The molecule has 0 saturated carbocycles. The Hall–Kier alpha value is -9.78. The Bertz CT molecular complexity index is 3590. The quantitative estimate of drug-likeness (QED) is 0.0248. The van der Waals surface area contributed by atoms with Gasteiger partial charge in [-0.2, -0.15) is 0 Å². The van der Waals surface area contributed by atoms with E-state index >= 15 is 0 Å². The number of carbonyl (C=O) groups excluding carboxylic acids is 10. The lowest BCUT2D eigenvalue weighted by Gasteiger charge is -2.28. The number of nitrogens with zero attached hydrogens (tertiary/aromatic N) is 1. The second-order valence-corrected chi connectivity index (χ2v) is 28.0. The summed E-state index contributed by atoms with van der Waals surface area (Å²) in [7, 11) is 0. The largest absolute Gasteiger partial charge is 0.508 e. The van der Waals surface area contributed by atoms with Gasteiger partial charge in [-0.3, -0.25) is 47.9 Å². The number of hydrogen-bond acceptors (Lipinski definition) is 17. The molecule has 2 aromatic heterocycles. The van der Waals surface area contributed by atoms with Gasteiger partial charge < -0.3 is 94.4 Å². The highest BCUT2D eigenvalue weighted by Gasteiger charge is 2.38. The first-order valence-corrected chi connectivity index (χ1v) is 37.5. The molecule has 0 spiro atoms. The highest BCUT2D eigenvalue weighted by Crippen LogP contribution is 2.21. The zero-order valence-corrected chi connectivity index (χ0v) is 62.5. The molecule has 2 heterocycles. The average Bonchev–Trinajstić information content (AvgIpc) is 1.72. The van der Waals surface area contributed by atoms with Crippen LogP contribution in [-0.2, 0) is 78.4 Å². The molecule has 5 rings (SSSR count). The van der Waals surface area contributed by atoms with Crippen LogP contribution in [0.2, 0.25) is 0 Å². The summed E-state index contributed by atoms with van der Waals surface area (Å²) in [6, 6.07) is 5.75. The fourth-order valence-electron chi connectivity index (χ4n) is 12.2. The lowest BCUT2D eigenvalue weighted by Crippen LogP contribution is -2.63. The predicted molar refractivity (Wildman–Crippen MR) is 402 cm³/mol. The molecule has 107 heavy (non-hydrogen) atoms. The molecule has 0 radical (unpaired) electrons. The molecule has 588 valence electrons. The number of aromatic hydroxyl groups is 1. The fourth-order valence-corrected chi connectivity index (χ4v) is 12.2. The normalized spacial score (nSPS) is 14.7. The number of unbranched alkanes of at least 4 members (excludes halogenated alkanes) is 13. The van der Waals surface area contributed by atoms with Gasteiger partial charge in [-0.1, -0.05) is 158 Å². The number of aliphatic carboxylic acids is 1. The zero-order chi connectivity index (χ0) is 78.4. The summed E-state index contributed by atoms with van der Waals surface area (Å²) in [6.07, 6.45) is 16.1. The van der Waals surface area contributed by atoms with E-state index in [1.54, 1.807) is 60.8 Å².